The zero-order chi connectivity index (χ0) is 9.73. The number of aliphatic hydroxyl groups excluding tert-OH is 1. The molecular weight excluding hydrogens is 170 g/mol. The second kappa shape index (κ2) is 4.58. The number of nitrogens with one attached hydrogen (secondary N) is 1. The second-order valence-corrected chi connectivity index (χ2v) is 3.66. The predicted octanol–water partition coefficient (Wildman–Crippen LogP) is -0.0884. The number of methoxy groups -OCH3 is 1. The van der Waals surface area contributed by atoms with Crippen LogP contribution in [0.15, 0.2) is 0 Å². The number of carbonyl (C=O) groups excluding carboxylic acids is 1. The minimum atomic E-state index is -0.193. The summed E-state index contributed by atoms with van der Waals surface area (Å²) in [6.07, 6.45) is 2.58. The lowest BCUT2D eigenvalue weighted by molar-refractivity contribution is -0.140. The van der Waals surface area contributed by atoms with Gasteiger partial charge in [0.05, 0.1) is 13.5 Å². The minimum Gasteiger partial charge on any atom is -0.469 e. The number of carbonyl (C=O) groups is 1. The molecule has 0 amide bonds. The van der Waals surface area contributed by atoms with E-state index in [-0.39, 0.29) is 18.0 Å². The van der Waals surface area contributed by atoms with Crippen molar-refractivity contribution < 1.29 is 14.6 Å². The Bertz CT molecular complexity index is 178. The van der Waals surface area contributed by atoms with Crippen molar-refractivity contribution in [3.8, 4) is 0 Å². The molecule has 0 aliphatic heterocycles. The Labute approximate surface area is 78.3 Å². The number of hydrogen-bond acceptors (Lipinski definition) is 4. The molecule has 0 atom stereocenters. The van der Waals surface area contributed by atoms with E-state index in [1.807, 2.05) is 0 Å². The molecule has 2 N–H and O–H groups in total. The van der Waals surface area contributed by atoms with Crippen molar-refractivity contribution in [3.05, 3.63) is 0 Å². The highest BCUT2D eigenvalue weighted by atomic mass is 16.5. The van der Waals surface area contributed by atoms with Crippen LogP contribution in [0.25, 0.3) is 0 Å². The van der Waals surface area contributed by atoms with Gasteiger partial charge in [-0.2, -0.15) is 0 Å². The van der Waals surface area contributed by atoms with E-state index in [2.05, 4.69) is 10.1 Å². The Morgan fingerprint density at radius 1 is 1.62 bits per heavy atom. The molecule has 0 aromatic rings. The van der Waals surface area contributed by atoms with Crippen LogP contribution in [-0.4, -0.2) is 37.9 Å². The molecule has 1 saturated carbocycles. The van der Waals surface area contributed by atoms with Gasteiger partial charge >= 0.3 is 5.97 Å². The average molecular weight is 187 g/mol. The maximum atomic E-state index is 10.7. The van der Waals surface area contributed by atoms with Crippen molar-refractivity contribution in [1.29, 1.82) is 0 Å². The zero-order valence-electron chi connectivity index (χ0n) is 8.01. The Balaban J connectivity index is 1.98. The van der Waals surface area contributed by atoms with Gasteiger partial charge in [-0.15, -0.1) is 0 Å². The van der Waals surface area contributed by atoms with Gasteiger partial charge in [0.15, 0.2) is 0 Å². The Morgan fingerprint density at radius 3 is 2.77 bits per heavy atom. The average Bonchev–Trinajstić information content (AvgIpc) is 2.93. The van der Waals surface area contributed by atoms with Gasteiger partial charge in [-0.25, -0.2) is 0 Å². The zero-order valence-corrected chi connectivity index (χ0v) is 8.01. The van der Waals surface area contributed by atoms with Gasteiger partial charge in [-0.1, -0.05) is 0 Å². The molecule has 0 saturated heterocycles. The van der Waals surface area contributed by atoms with Crippen molar-refractivity contribution in [1.82, 2.24) is 5.32 Å². The van der Waals surface area contributed by atoms with Gasteiger partial charge < -0.3 is 15.2 Å². The van der Waals surface area contributed by atoms with E-state index in [4.69, 9.17) is 5.11 Å². The fraction of sp³-hybridized carbons (Fsp3) is 0.889. The highest BCUT2D eigenvalue weighted by Crippen LogP contribution is 2.44. The fourth-order valence-electron chi connectivity index (χ4n) is 1.21. The first-order valence-corrected chi connectivity index (χ1v) is 4.61. The fourth-order valence-corrected chi connectivity index (χ4v) is 1.21. The van der Waals surface area contributed by atoms with Crippen molar-refractivity contribution in [3.63, 3.8) is 0 Å². The van der Waals surface area contributed by atoms with Crippen LogP contribution >= 0.6 is 0 Å². The summed E-state index contributed by atoms with van der Waals surface area (Å²) < 4.78 is 4.50. The molecule has 76 valence electrons. The van der Waals surface area contributed by atoms with Gasteiger partial charge in [0.1, 0.15) is 0 Å². The second-order valence-electron chi connectivity index (χ2n) is 3.66. The third-order valence-electron chi connectivity index (χ3n) is 2.53. The Kier molecular flexibility index (Phi) is 3.69. The minimum absolute atomic E-state index is 0.121. The summed E-state index contributed by atoms with van der Waals surface area (Å²) in [5, 5.41) is 12.1. The van der Waals surface area contributed by atoms with Crippen LogP contribution in [-0.2, 0) is 9.53 Å². The monoisotopic (exact) mass is 187 g/mol. The summed E-state index contributed by atoms with van der Waals surface area (Å²) in [6, 6.07) is 0. The summed E-state index contributed by atoms with van der Waals surface area (Å²) in [5.41, 5.74) is 0.121. The quantitative estimate of drug-likeness (QED) is 0.451. The molecule has 1 rings (SSSR count). The molecule has 4 heteroatoms. The smallest absolute Gasteiger partial charge is 0.306 e. The lowest BCUT2D eigenvalue weighted by Crippen LogP contribution is -2.28. The maximum absolute atomic E-state index is 10.7. The van der Waals surface area contributed by atoms with Gasteiger partial charge in [-0.3, -0.25) is 4.79 Å². The molecule has 1 fully saturated rings. The van der Waals surface area contributed by atoms with Crippen LogP contribution in [0.4, 0.5) is 0 Å². The summed E-state index contributed by atoms with van der Waals surface area (Å²) in [7, 11) is 1.39. The Morgan fingerprint density at radius 2 is 2.31 bits per heavy atom. The molecule has 0 spiro atoms. The third kappa shape index (κ3) is 3.32. The first kappa shape index (κ1) is 10.5. The lowest BCUT2D eigenvalue weighted by atomic mass is 10.1. The van der Waals surface area contributed by atoms with Crippen molar-refractivity contribution in [2.24, 2.45) is 5.41 Å². The maximum Gasteiger partial charge on any atom is 0.306 e. The van der Waals surface area contributed by atoms with Crippen LogP contribution in [0.5, 0.6) is 0 Å². The predicted molar refractivity (Wildman–Crippen MR) is 48.3 cm³/mol. The highest BCUT2D eigenvalue weighted by molar-refractivity contribution is 5.69. The first-order valence-electron chi connectivity index (χ1n) is 4.61. The SMILES string of the molecule is COC(=O)CCNCC1(CO)CC1. The van der Waals surface area contributed by atoms with E-state index in [1.165, 1.54) is 7.11 Å². The summed E-state index contributed by atoms with van der Waals surface area (Å²) in [6.45, 7) is 1.69. The number of ether oxygens (including phenoxy) is 1. The van der Waals surface area contributed by atoms with Crippen LogP contribution in [0.1, 0.15) is 19.3 Å². The van der Waals surface area contributed by atoms with E-state index in [0.717, 1.165) is 19.4 Å². The van der Waals surface area contributed by atoms with E-state index in [9.17, 15) is 4.79 Å². The molecule has 0 aromatic heterocycles. The van der Waals surface area contributed by atoms with E-state index >= 15 is 0 Å². The van der Waals surface area contributed by atoms with Crippen LogP contribution in [0.2, 0.25) is 0 Å². The van der Waals surface area contributed by atoms with Crippen molar-refractivity contribution in [2.45, 2.75) is 19.3 Å². The molecule has 1 aliphatic rings. The van der Waals surface area contributed by atoms with E-state index < -0.39 is 0 Å². The van der Waals surface area contributed by atoms with Crippen LogP contribution in [0, 0.1) is 5.41 Å². The van der Waals surface area contributed by atoms with Crippen LogP contribution < -0.4 is 5.32 Å². The first-order chi connectivity index (χ1) is 6.22. The molecular formula is C9H17NO3. The third-order valence-corrected chi connectivity index (χ3v) is 2.53. The van der Waals surface area contributed by atoms with Crippen molar-refractivity contribution in [2.75, 3.05) is 26.8 Å². The van der Waals surface area contributed by atoms with Gasteiger partial charge in [-0.05, 0) is 12.8 Å². The number of rotatable bonds is 6. The molecule has 1 aliphatic carbocycles. The number of esters is 1. The van der Waals surface area contributed by atoms with Gasteiger partial charge in [0, 0.05) is 25.1 Å². The van der Waals surface area contributed by atoms with E-state index in [0.29, 0.717) is 13.0 Å². The Hall–Kier alpha value is -0.610. The highest BCUT2D eigenvalue weighted by Gasteiger charge is 2.41. The molecule has 0 radical (unpaired) electrons. The summed E-state index contributed by atoms with van der Waals surface area (Å²) in [5.74, 6) is -0.193. The number of hydrogen-bond donors (Lipinski definition) is 2. The number of aliphatic hydroxyl groups is 1. The van der Waals surface area contributed by atoms with Gasteiger partial charge in [0.2, 0.25) is 0 Å². The lowest BCUT2D eigenvalue weighted by Gasteiger charge is -2.11. The normalized spacial score (nSPS) is 18.3. The molecule has 0 heterocycles. The summed E-state index contributed by atoms with van der Waals surface area (Å²) in [4.78, 5) is 10.7. The van der Waals surface area contributed by atoms with Crippen molar-refractivity contribution >= 4 is 5.97 Å². The molecule has 0 bridgehead atoms. The largest absolute Gasteiger partial charge is 0.469 e. The summed E-state index contributed by atoms with van der Waals surface area (Å²) >= 11 is 0. The standard InChI is InChI=1S/C9H17NO3/c1-13-8(12)2-5-10-6-9(7-11)3-4-9/h10-11H,2-7H2,1H3. The van der Waals surface area contributed by atoms with Crippen LogP contribution in [0.3, 0.4) is 0 Å². The molecule has 13 heavy (non-hydrogen) atoms. The molecule has 4 nitrogen and oxygen atoms in total. The topological polar surface area (TPSA) is 58.6 Å². The molecule has 0 aromatic carbocycles. The van der Waals surface area contributed by atoms with Gasteiger partial charge in [0.25, 0.3) is 0 Å². The van der Waals surface area contributed by atoms with E-state index in [1.54, 1.807) is 0 Å². The molecule has 0 unspecified atom stereocenters.